The van der Waals surface area contributed by atoms with E-state index in [1.807, 2.05) is 0 Å². The van der Waals surface area contributed by atoms with E-state index < -0.39 is 0 Å². The molecule has 1 fully saturated rings. The van der Waals surface area contributed by atoms with Gasteiger partial charge in [-0.2, -0.15) is 0 Å². The molecule has 1 aliphatic heterocycles. The maximum atomic E-state index is 5.99. The third-order valence-electron chi connectivity index (χ3n) is 3.71. The van der Waals surface area contributed by atoms with Crippen molar-refractivity contribution in [1.29, 1.82) is 0 Å². The van der Waals surface area contributed by atoms with E-state index in [0.29, 0.717) is 5.92 Å². The first kappa shape index (κ1) is 14.9. The zero-order chi connectivity index (χ0) is 12.9. The number of nitrogens with two attached hydrogens (primary N) is 1. The Morgan fingerprint density at radius 2 is 1.71 bits per heavy atom. The minimum atomic E-state index is 0.206. The Balaban J connectivity index is 2.39. The van der Waals surface area contributed by atoms with Crippen LogP contribution in [0, 0.1) is 11.8 Å². The molecule has 1 saturated heterocycles. The lowest BCUT2D eigenvalue weighted by molar-refractivity contribution is 0.126. The highest BCUT2D eigenvalue weighted by Gasteiger charge is 2.32. The molecule has 0 aromatic carbocycles. The minimum Gasteiger partial charge on any atom is -0.329 e. The van der Waals surface area contributed by atoms with Gasteiger partial charge in [0.05, 0.1) is 0 Å². The van der Waals surface area contributed by atoms with Gasteiger partial charge in [-0.25, -0.2) is 0 Å². The van der Waals surface area contributed by atoms with E-state index in [1.54, 1.807) is 0 Å². The number of nitrogens with one attached hydrogen (secondary N) is 1. The Bertz CT molecular complexity index is 206. The summed E-state index contributed by atoms with van der Waals surface area (Å²) >= 11 is 0. The molecular weight excluding hydrogens is 210 g/mol. The summed E-state index contributed by atoms with van der Waals surface area (Å²) in [6, 6.07) is 0. The Morgan fingerprint density at radius 3 is 2.12 bits per heavy atom. The van der Waals surface area contributed by atoms with Gasteiger partial charge in [0.2, 0.25) is 0 Å². The number of hydrogen-bond donors (Lipinski definition) is 2. The first-order valence-electron chi connectivity index (χ1n) is 7.15. The van der Waals surface area contributed by atoms with Crippen molar-refractivity contribution < 1.29 is 0 Å². The van der Waals surface area contributed by atoms with Gasteiger partial charge in [-0.05, 0) is 44.3 Å². The van der Waals surface area contributed by atoms with Crippen LogP contribution in [0.5, 0.6) is 0 Å². The lowest BCUT2D eigenvalue weighted by Gasteiger charge is -2.42. The summed E-state index contributed by atoms with van der Waals surface area (Å²) < 4.78 is 0. The second-order valence-electron chi connectivity index (χ2n) is 6.45. The molecular formula is C14H31N3. The van der Waals surface area contributed by atoms with E-state index in [0.717, 1.165) is 19.0 Å². The van der Waals surface area contributed by atoms with Crippen LogP contribution in [-0.2, 0) is 0 Å². The quantitative estimate of drug-likeness (QED) is 0.743. The van der Waals surface area contributed by atoms with Gasteiger partial charge in [-0.1, -0.05) is 27.7 Å². The van der Waals surface area contributed by atoms with Crippen LogP contribution in [0.25, 0.3) is 0 Å². The van der Waals surface area contributed by atoms with Crippen LogP contribution in [0.3, 0.4) is 0 Å². The van der Waals surface area contributed by atoms with E-state index in [-0.39, 0.29) is 5.54 Å². The summed E-state index contributed by atoms with van der Waals surface area (Å²) in [4.78, 5) is 2.58. The van der Waals surface area contributed by atoms with Crippen LogP contribution >= 0.6 is 0 Å². The summed E-state index contributed by atoms with van der Waals surface area (Å²) in [5.74, 6) is 1.47. The van der Waals surface area contributed by atoms with E-state index in [1.165, 1.54) is 32.5 Å². The Morgan fingerprint density at radius 1 is 1.12 bits per heavy atom. The number of hydrogen-bond acceptors (Lipinski definition) is 3. The maximum Gasteiger partial charge on any atom is 0.0328 e. The second-order valence-corrected chi connectivity index (χ2v) is 6.45. The third kappa shape index (κ3) is 4.94. The Labute approximate surface area is 107 Å². The summed E-state index contributed by atoms with van der Waals surface area (Å²) in [7, 11) is 0. The molecule has 0 aliphatic carbocycles. The van der Waals surface area contributed by atoms with Gasteiger partial charge in [0.25, 0.3) is 0 Å². The zero-order valence-electron chi connectivity index (χ0n) is 12.1. The van der Waals surface area contributed by atoms with Crippen LogP contribution < -0.4 is 11.1 Å². The fourth-order valence-electron chi connectivity index (χ4n) is 2.55. The van der Waals surface area contributed by atoms with Crippen molar-refractivity contribution in [3.8, 4) is 0 Å². The SMILES string of the molecule is CC(C)CNC1(CN)CCN(CC(C)C)CC1. The highest BCUT2D eigenvalue weighted by molar-refractivity contribution is 4.94. The topological polar surface area (TPSA) is 41.3 Å². The first-order chi connectivity index (χ1) is 7.97. The largest absolute Gasteiger partial charge is 0.329 e. The molecule has 102 valence electrons. The molecule has 0 saturated carbocycles. The molecule has 1 rings (SSSR count). The molecule has 0 bridgehead atoms. The molecule has 1 aliphatic rings. The van der Waals surface area contributed by atoms with Gasteiger partial charge in [0.15, 0.2) is 0 Å². The van der Waals surface area contributed by atoms with Crippen molar-refractivity contribution in [3.05, 3.63) is 0 Å². The van der Waals surface area contributed by atoms with Crippen LogP contribution in [0.2, 0.25) is 0 Å². The van der Waals surface area contributed by atoms with Crippen molar-refractivity contribution >= 4 is 0 Å². The normalized spacial score (nSPS) is 21.4. The minimum absolute atomic E-state index is 0.206. The highest BCUT2D eigenvalue weighted by Crippen LogP contribution is 2.22. The summed E-state index contributed by atoms with van der Waals surface area (Å²) in [5, 5.41) is 3.71. The monoisotopic (exact) mass is 241 g/mol. The van der Waals surface area contributed by atoms with E-state index in [4.69, 9.17) is 5.73 Å². The number of nitrogens with zero attached hydrogens (tertiary/aromatic N) is 1. The predicted molar refractivity (Wildman–Crippen MR) is 75.1 cm³/mol. The van der Waals surface area contributed by atoms with E-state index in [2.05, 4.69) is 37.9 Å². The predicted octanol–water partition coefficient (Wildman–Crippen LogP) is 1.68. The van der Waals surface area contributed by atoms with Gasteiger partial charge in [-0.3, -0.25) is 0 Å². The molecule has 0 unspecified atom stereocenters. The van der Waals surface area contributed by atoms with E-state index >= 15 is 0 Å². The summed E-state index contributed by atoms with van der Waals surface area (Å²) in [5.41, 5.74) is 6.20. The average molecular weight is 241 g/mol. The van der Waals surface area contributed by atoms with Gasteiger partial charge < -0.3 is 16.0 Å². The van der Waals surface area contributed by atoms with Crippen LogP contribution in [-0.4, -0.2) is 43.2 Å². The van der Waals surface area contributed by atoms with Gasteiger partial charge >= 0.3 is 0 Å². The molecule has 3 heteroatoms. The summed E-state index contributed by atoms with van der Waals surface area (Å²) in [6.07, 6.45) is 2.39. The van der Waals surface area contributed by atoms with Crippen molar-refractivity contribution in [3.63, 3.8) is 0 Å². The number of rotatable bonds is 6. The third-order valence-corrected chi connectivity index (χ3v) is 3.71. The molecule has 0 aromatic heterocycles. The molecule has 3 N–H and O–H groups in total. The molecule has 0 aromatic rings. The van der Waals surface area contributed by atoms with Gasteiger partial charge in [0.1, 0.15) is 0 Å². The fourth-order valence-corrected chi connectivity index (χ4v) is 2.55. The van der Waals surface area contributed by atoms with Crippen LogP contribution in [0.1, 0.15) is 40.5 Å². The first-order valence-corrected chi connectivity index (χ1v) is 7.15. The van der Waals surface area contributed by atoms with Gasteiger partial charge in [0, 0.05) is 18.6 Å². The molecule has 0 atom stereocenters. The number of likely N-dealkylation sites (tertiary alicyclic amines) is 1. The van der Waals surface area contributed by atoms with Crippen molar-refractivity contribution in [2.75, 3.05) is 32.7 Å². The fraction of sp³-hybridized carbons (Fsp3) is 1.00. The molecule has 3 nitrogen and oxygen atoms in total. The molecule has 0 spiro atoms. The zero-order valence-corrected chi connectivity index (χ0v) is 12.1. The standard InChI is InChI=1S/C14H31N3/c1-12(2)9-16-14(11-15)5-7-17(8-6-14)10-13(3)4/h12-13,16H,5-11,15H2,1-4H3. The van der Waals surface area contributed by atoms with Crippen molar-refractivity contribution in [1.82, 2.24) is 10.2 Å². The summed E-state index contributed by atoms with van der Waals surface area (Å²) in [6.45, 7) is 14.6. The van der Waals surface area contributed by atoms with E-state index in [9.17, 15) is 0 Å². The highest BCUT2D eigenvalue weighted by atomic mass is 15.2. The Hall–Kier alpha value is -0.120. The molecule has 0 amide bonds. The Kier molecular flexibility index (Phi) is 5.90. The molecule has 17 heavy (non-hydrogen) atoms. The number of piperidine rings is 1. The van der Waals surface area contributed by atoms with Gasteiger partial charge in [-0.15, -0.1) is 0 Å². The van der Waals surface area contributed by atoms with Crippen molar-refractivity contribution in [2.45, 2.75) is 46.1 Å². The lowest BCUT2D eigenvalue weighted by Crippen LogP contribution is -2.58. The second kappa shape index (κ2) is 6.72. The van der Waals surface area contributed by atoms with Crippen LogP contribution in [0.15, 0.2) is 0 Å². The average Bonchev–Trinajstić information content (AvgIpc) is 2.28. The van der Waals surface area contributed by atoms with Crippen LogP contribution in [0.4, 0.5) is 0 Å². The molecule has 1 heterocycles. The maximum absolute atomic E-state index is 5.99. The van der Waals surface area contributed by atoms with Crippen molar-refractivity contribution in [2.24, 2.45) is 17.6 Å². The molecule has 0 radical (unpaired) electrons. The smallest absolute Gasteiger partial charge is 0.0328 e. The lowest BCUT2D eigenvalue weighted by atomic mass is 9.86.